The van der Waals surface area contributed by atoms with Gasteiger partial charge in [0.2, 0.25) is 5.88 Å². The molecule has 0 spiro atoms. The molecule has 0 aliphatic heterocycles. The molecule has 30 heavy (non-hydrogen) atoms. The summed E-state index contributed by atoms with van der Waals surface area (Å²) in [4.78, 5) is 11.1. The zero-order chi connectivity index (χ0) is 21.8. The first-order chi connectivity index (χ1) is 14.3. The molecule has 2 heterocycles. The maximum absolute atomic E-state index is 13.4. The number of halogens is 2. The van der Waals surface area contributed by atoms with E-state index >= 15 is 0 Å². The molecule has 158 valence electrons. The topological polar surface area (TPSA) is 75.6 Å². The summed E-state index contributed by atoms with van der Waals surface area (Å²) in [5.74, 6) is -0.370. The number of aromatic nitrogens is 1. The Morgan fingerprint density at radius 1 is 1.27 bits per heavy atom. The van der Waals surface area contributed by atoms with Crippen LogP contribution in [0.4, 0.5) is 4.39 Å². The molecule has 2 N–H and O–H groups in total. The Labute approximate surface area is 186 Å². The Morgan fingerprint density at radius 3 is 2.73 bits per heavy atom. The van der Waals surface area contributed by atoms with Crippen LogP contribution in [0.3, 0.4) is 0 Å². The minimum absolute atomic E-state index is 0.000299. The highest BCUT2D eigenvalue weighted by atomic mass is 35.5. The highest BCUT2D eigenvalue weighted by molar-refractivity contribution is 7.73. The van der Waals surface area contributed by atoms with Crippen molar-refractivity contribution in [2.24, 2.45) is 0 Å². The van der Waals surface area contributed by atoms with Crippen LogP contribution in [0.15, 0.2) is 41.3 Å². The van der Waals surface area contributed by atoms with E-state index in [0.717, 1.165) is 6.42 Å². The summed E-state index contributed by atoms with van der Waals surface area (Å²) < 4.78 is 21.3. The lowest BCUT2D eigenvalue weighted by molar-refractivity contribution is -0.137. The monoisotopic (exact) mass is 467 g/mol. The molecule has 0 radical (unpaired) electrons. The number of carboxylic acids is 1. The molecule has 0 saturated carbocycles. The Hall–Kier alpha value is -2.42. The van der Waals surface area contributed by atoms with Crippen LogP contribution < -0.4 is 0 Å². The van der Waals surface area contributed by atoms with Crippen molar-refractivity contribution in [3.8, 4) is 17.2 Å². The summed E-state index contributed by atoms with van der Waals surface area (Å²) in [6.45, 7) is 4.52. The molecule has 0 bridgehead atoms. The number of unbranched alkanes of at least 4 members (excludes halogenated alkanes) is 2. The molecule has 2 aromatic heterocycles. The van der Waals surface area contributed by atoms with Crippen molar-refractivity contribution < 1.29 is 23.8 Å². The molecule has 0 atom stereocenters. The van der Waals surface area contributed by atoms with Gasteiger partial charge in [-0.25, -0.2) is 4.39 Å². The van der Waals surface area contributed by atoms with Crippen LogP contribution in [0.25, 0.3) is 16.9 Å². The van der Waals surface area contributed by atoms with Gasteiger partial charge in [0.05, 0.1) is 5.02 Å². The summed E-state index contributed by atoms with van der Waals surface area (Å²) in [6.07, 6.45) is 2.13. The number of furan rings is 1. The molecule has 9 heteroatoms. The highest BCUT2D eigenvalue weighted by Crippen LogP contribution is 2.37. The lowest BCUT2D eigenvalue weighted by Crippen LogP contribution is -1.99. The molecule has 0 amide bonds. The third-order valence-corrected chi connectivity index (χ3v) is 6.31. The Kier molecular flexibility index (Phi) is 7.12. The number of nitrogens with zero attached hydrogens (tertiary/aromatic N) is 1. The SMILES string of the molecule is C=C(c1ccc(-c2ccc(F)c(Cl)c2)o1)c1sc(=S)n(CCCCCC(=O)O)c1O. The lowest BCUT2D eigenvalue weighted by atomic mass is 10.1. The number of carbonyl (C=O) groups is 1. The van der Waals surface area contributed by atoms with Crippen LogP contribution in [-0.4, -0.2) is 20.7 Å². The number of carboxylic acid groups (broad SMARTS) is 1. The second kappa shape index (κ2) is 9.59. The fourth-order valence-corrected chi connectivity index (χ4v) is 4.43. The Morgan fingerprint density at radius 2 is 2.03 bits per heavy atom. The first kappa shape index (κ1) is 22.3. The van der Waals surface area contributed by atoms with E-state index < -0.39 is 11.8 Å². The van der Waals surface area contributed by atoms with Gasteiger partial charge in [0.15, 0.2) is 3.95 Å². The van der Waals surface area contributed by atoms with Crippen molar-refractivity contribution in [2.45, 2.75) is 32.2 Å². The van der Waals surface area contributed by atoms with Gasteiger partial charge >= 0.3 is 5.97 Å². The summed E-state index contributed by atoms with van der Waals surface area (Å²) in [6, 6.07) is 7.75. The van der Waals surface area contributed by atoms with Gasteiger partial charge < -0.3 is 14.6 Å². The normalized spacial score (nSPS) is 11.0. The van der Waals surface area contributed by atoms with E-state index in [-0.39, 0.29) is 17.3 Å². The fourth-order valence-electron chi connectivity index (χ4n) is 2.93. The number of aliphatic carboxylic acids is 1. The highest BCUT2D eigenvalue weighted by Gasteiger charge is 2.18. The van der Waals surface area contributed by atoms with Gasteiger partial charge in [0.25, 0.3) is 0 Å². The summed E-state index contributed by atoms with van der Waals surface area (Å²) in [5.41, 5.74) is 1.10. The summed E-state index contributed by atoms with van der Waals surface area (Å²) >= 11 is 12.4. The second-order valence-electron chi connectivity index (χ2n) is 6.65. The molecule has 0 unspecified atom stereocenters. The van der Waals surface area contributed by atoms with E-state index in [1.807, 2.05) is 0 Å². The third kappa shape index (κ3) is 5.00. The van der Waals surface area contributed by atoms with Crippen molar-refractivity contribution >= 4 is 46.7 Å². The van der Waals surface area contributed by atoms with Gasteiger partial charge in [-0.2, -0.15) is 0 Å². The largest absolute Gasteiger partial charge is 0.493 e. The second-order valence-corrected chi connectivity index (χ2v) is 8.70. The van der Waals surface area contributed by atoms with Crippen LogP contribution in [0.5, 0.6) is 5.88 Å². The molecule has 0 aliphatic rings. The van der Waals surface area contributed by atoms with Gasteiger partial charge in [-0.1, -0.05) is 24.6 Å². The van der Waals surface area contributed by atoms with Gasteiger partial charge in [-0.15, -0.1) is 11.3 Å². The number of hydrogen-bond acceptors (Lipinski definition) is 5. The quantitative estimate of drug-likeness (QED) is 0.269. The van der Waals surface area contributed by atoms with Crippen LogP contribution in [0.2, 0.25) is 5.02 Å². The molecule has 0 saturated heterocycles. The van der Waals surface area contributed by atoms with Crippen molar-refractivity contribution in [3.63, 3.8) is 0 Å². The molecule has 1 aromatic carbocycles. The van der Waals surface area contributed by atoms with Crippen LogP contribution in [0, 0.1) is 9.77 Å². The van der Waals surface area contributed by atoms with Crippen LogP contribution in [-0.2, 0) is 11.3 Å². The molecule has 3 rings (SSSR count). The van der Waals surface area contributed by atoms with Gasteiger partial charge in [0, 0.05) is 24.1 Å². The fraction of sp³-hybridized carbons (Fsp3) is 0.238. The third-order valence-electron chi connectivity index (χ3n) is 4.52. The minimum atomic E-state index is -0.815. The number of thiazole rings is 1. The average Bonchev–Trinajstić information content (AvgIpc) is 3.29. The molecule has 5 nitrogen and oxygen atoms in total. The zero-order valence-electron chi connectivity index (χ0n) is 15.9. The van der Waals surface area contributed by atoms with E-state index in [9.17, 15) is 14.3 Å². The Balaban J connectivity index is 1.74. The molecule has 0 aliphatic carbocycles. The first-order valence-electron chi connectivity index (χ1n) is 9.17. The van der Waals surface area contributed by atoms with Gasteiger partial charge in [0.1, 0.15) is 22.2 Å². The smallest absolute Gasteiger partial charge is 0.303 e. The predicted molar refractivity (Wildman–Crippen MR) is 118 cm³/mol. The average molecular weight is 468 g/mol. The van der Waals surface area contributed by atoms with E-state index in [1.54, 1.807) is 22.8 Å². The molecule has 3 aromatic rings. The van der Waals surface area contributed by atoms with E-state index in [4.69, 9.17) is 33.3 Å². The van der Waals surface area contributed by atoms with Crippen LogP contribution >= 0.6 is 35.2 Å². The Bertz CT molecular complexity index is 1150. The van der Waals surface area contributed by atoms with Crippen molar-refractivity contribution in [3.05, 3.63) is 62.3 Å². The minimum Gasteiger partial charge on any atom is -0.493 e. The maximum Gasteiger partial charge on any atom is 0.303 e. The van der Waals surface area contributed by atoms with Crippen molar-refractivity contribution in [1.29, 1.82) is 0 Å². The van der Waals surface area contributed by atoms with E-state index in [2.05, 4.69) is 6.58 Å². The lowest BCUT2D eigenvalue weighted by Gasteiger charge is -2.06. The maximum atomic E-state index is 13.4. The number of rotatable bonds is 9. The standard InChI is InChI=1S/C21H19ClFNO4S2/c1-12(16-8-9-17(28-16)13-6-7-15(23)14(22)11-13)19-20(27)24(21(29)30-19)10-4-2-3-5-18(25)26/h6-9,11,27H,1-5,10H2,(H,25,26). The van der Waals surface area contributed by atoms with Gasteiger partial charge in [-0.3, -0.25) is 9.36 Å². The first-order valence-corrected chi connectivity index (χ1v) is 10.8. The zero-order valence-corrected chi connectivity index (χ0v) is 18.2. The van der Waals surface area contributed by atoms with Gasteiger partial charge in [-0.05, 0) is 55.4 Å². The molecule has 0 fully saturated rings. The number of aromatic hydroxyl groups is 1. The van der Waals surface area contributed by atoms with E-state index in [0.29, 0.717) is 50.9 Å². The summed E-state index contributed by atoms with van der Waals surface area (Å²) in [7, 11) is 0. The van der Waals surface area contributed by atoms with Crippen LogP contribution in [0.1, 0.15) is 36.3 Å². The van der Waals surface area contributed by atoms with E-state index in [1.165, 1.54) is 23.5 Å². The number of benzene rings is 1. The molecular formula is C21H19ClFNO4S2. The predicted octanol–water partition coefficient (Wildman–Crippen LogP) is 6.74. The van der Waals surface area contributed by atoms with Crippen molar-refractivity contribution in [1.82, 2.24) is 4.57 Å². The summed E-state index contributed by atoms with van der Waals surface area (Å²) in [5, 5.41) is 19.3. The van der Waals surface area contributed by atoms with Crippen molar-refractivity contribution in [2.75, 3.05) is 0 Å². The number of hydrogen-bond donors (Lipinski definition) is 2. The molecular weight excluding hydrogens is 449 g/mol.